The second-order valence-electron chi connectivity index (χ2n) is 6.29. The van der Waals surface area contributed by atoms with Crippen molar-refractivity contribution >= 4 is 12.4 Å². The molecule has 0 aliphatic carbocycles. The molecule has 2 heterocycles. The van der Waals surface area contributed by atoms with Gasteiger partial charge in [-0.15, -0.1) is 0 Å². The molecule has 2 aromatic heterocycles. The molecule has 0 bridgehead atoms. The second kappa shape index (κ2) is 7.86. The molecule has 0 saturated carbocycles. The first-order valence-corrected chi connectivity index (χ1v) is 8.74. The first kappa shape index (κ1) is 18.4. The van der Waals surface area contributed by atoms with Crippen molar-refractivity contribution in [3.8, 4) is 11.1 Å². The zero-order valence-electron chi connectivity index (χ0n) is 15.8. The van der Waals surface area contributed by atoms with Crippen LogP contribution in [-0.2, 0) is 7.05 Å². The van der Waals surface area contributed by atoms with Crippen LogP contribution in [0.5, 0.6) is 0 Å². The number of hydrazone groups is 1. The Morgan fingerprint density at radius 3 is 2.67 bits per heavy atom. The molecule has 0 spiro atoms. The van der Waals surface area contributed by atoms with E-state index in [1.54, 1.807) is 41.3 Å². The zero-order chi connectivity index (χ0) is 19.4. The lowest BCUT2D eigenvalue weighted by atomic mass is 10.1. The Morgan fingerprint density at radius 1 is 1.26 bits per heavy atom. The van der Waals surface area contributed by atoms with Gasteiger partial charge in [-0.05, 0) is 19.4 Å². The largest absolute Gasteiger partial charge is 0.318 e. The van der Waals surface area contributed by atoms with Gasteiger partial charge < -0.3 is 4.57 Å². The van der Waals surface area contributed by atoms with Gasteiger partial charge >= 0.3 is 0 Å². The molecule has 0 aliphatic heterocycles. The number of hydrogen-bond donors (Lipinski definition) is 0. The maximum absolute atomic E-state index is 12.2. The summed E-state index contributed by atoms with van der Waals surface area (Å²) in [5.41, 5.74) is 3.49. The average Bonchev–Trinajstić information content (AvgIpc) is 3.18. The normalized spacial score (nSPS) is 12.3. The number of allylic oxidation sites excluding steroid dienone is 1. The Kier molecular flexibility index (Phi) is 5.35. The van der Waals surface area contributed by atoms with Gasteiger partial charge in [0, 0.05) is 49.6 Å². The minimum Gasteiger partial charge on any atom is -0.318 e. The quantitative estimate of drug-likeness (QED) is 0.495. The molecule has 1 aromatic carbocycles. The summed E-state index contributed by atoms with van der Waals surface area (Å²) in [5, 5.41) is 10.1. The molecule has 0 aliphatic rings. The summed E-state index contributed by atoms with van der Waals surface area (Å²) in [6.07, 6.45) is 9.20. The van der Waals surface area contributed by atoms with Gasteiger partial charge in [-0.2, -0.15) is 10.2 Å². The third-order valence-electron chi connectivity index (χ3n) is 4.49. The number of aryl methyl sites for hydroxylation is 1. The van der Waals surface area contributed by atoms with Crippen molar-refractivity contribution in [2.45, 2.75) is 19.9 Å². The second-order valence-corrected chi connectivity index (χ2v) is 6.29. The van der Waals surface area contributed by atoms with Crippen LogP contribution in [0.1, 0.15) is 25.5 Å². The number of anilines is 1. The van der Waals surface area contributed by atoms with Gasteiger partial charge in [0.25, 0.3) is 5.56 Å². The summed E-state index contributed by atoms with van der Waals surface area (Å²) in [5.74, 6) is 0. The van der Waals surface area contributed by atoms with E-state index < -0.39 is 0 Å². The zero-order valence-corrected chi connectivity index (χ0v) is 15.8. The number of nitrogens with zero attached hydrogens (tertiary/aromatic N) is 5. The molecule has 0 fully saturated rings. The Balaban J connectivity index is 2.07. The van der Waals surface area contributed by atoms with Crippen LogP contribution in [0.15, 0.2) is 77.2 Å². The predicted molar refractivity (Wildman–Crippen MR) is 110 cm³/mol. The monoisotopic (exact) mass is 361 g/mol. The molecule has 138 valence electrons. The van der Waals surface area contributed by atoms with E-state index in [4.69, 9.17) is 0 Å². The number of aromatic nitrogens is 3. The lowest BCUT2D eigenvalue weighted by Gasteiger charge is -2.18. The number of hydrogen-bond acceptors (Lipinski definition) is 4. The van der Waals surface area contributed by atoms with Crippen molar-refractivity contribution in [2.24, 2.45) is 12.1 Å². The van der Waals surface area contributed by atoms with Crippen LogP contribution in [0.25, 0.3) is 11.1 Å². The summed E-state index contributed by atoms with van der Waals surface area (Å²) in [6.45, 7) is 7.60. The number of benzene rings is 1. The smallest absolute Gasteiger partial charge is 0.252 e. The van der Waals surface area contributed by atoms with Crippen LogP contribution in [0.3, 0.4) is 0 Å². The Bertz CT molecular complexity index is 1020. The van der Waals surface area contributed by atoms with E-state index in [2.05, 4.69) is 36.0 Å². The molecular formula is C21H23N5O. The van der Waals surface area contributed by atoms with Crippen molar-refractivity contribution in [3.63, 3.8) is 0 Å². The van der Waals surface area contributed by atoms with E-state index in [1.807, 2.05) is 42.1 Å². The molecule has 6 nitrogen and oxygen atoms in total. The van der Waals surface area contributed by atoms with Crippen LogP contribution in [0.4, 0.5) is 5.69 Å². The molecule has 0 unspecified atom stereocenters. The first-order valence-electron chi connectivity index (χ1n) is 8.74. The molecule has 0 N–H and O–H groups in total. The fraction of sp³-hybridized carbons (Fsp3) is 0.190. The van der Waals surface area contributed by atoms with E-state index >= 15 is 0 Å². The standard InChI is InChI=1S/C21H23N5O/c1-5-11-25(22-3)20-12-21(27)24(4)15-19(20)18-13-23-26(14-18)16(2)17-9-7-6-8-10-17/h5-16H,3H2,1-2,4H3/b11-5-/t16-/m1/s1. The molecule has 3 rings (SSSR count). The minimum absolute atomic E-state index is 0.0973. The lowest BCUT2D eigenvalue weighted by Crippen LogP contribution is -2.19. The third kappa shape index (κ3) is 3.74. The fourth-order valence-electron chi connectivity index (χ4n) is 2.95. The summed E-state index contributed by atoms with van der Waals surface area (Å²) < 4.78 is 3.47. The lowest BCUT2D eigenvalue weighted by molar-refractivity contribution is 0.565. The van der Waals surface area contributed by atoms with Crippen molar-refractivity contribution < 1.29 is 0 Å². The van der Waals surface area contributed by atoms with Crippen LogP contribution in [-0.4, -0.2) is 21.1 Å². The van der Waals surface area contributed by atoms with Crippen LogP contribution >= 0.6 is 0 Å². The molecule has 0 saturated heterocycles. The summed E-state index contributed by atoms with van der Waals surface area (Å²) in [4.78, 5) is 12.2. The van der Waals surface area contributed by atoms with Gasteiger partial charge in [-0.3, -0.25) is 9.48 Å². The molecule has 3 aromatic rings. The maximum atomic E-state index is 12.2. The Morgan fingerprint density at radius 2 is 2.00 bits per heavy atom. The predicted octanol–water partition coefficient (Wildman–Crippen LogP) is 3.81. The van der Waals surface area contributed by atoms with Gasteiger partial charge in [-0.25, -0.2) is 5.01 Å². The van der Waals surface area contributed by atoms with Crippen LogP contribution in [0, 0.1) is 0 Å². The highest BCUT2D eigenvalue weighted by atomic mass is 16.1. The van der Waals surface area contributed by atoms with Crippen molar-refractivity contribution in [1.82, 2.24) is 14.3 Å². The topological polar surface area (TPSA) is 55.4 Å². The minimum atomic E-state index is -0.114. The van der Waals surface area contributed by atoms with Gasteiger partial charge in [-0.1, -0.05) is 36.4 Å². The highest BCUT2D eigenvalue weighted by molar-refractivity contribution is 5.78. The maximum Gasteiger partial charge on any atom is 0.252 e. The van der Waals surface area contributed by atoms with Crippen LogP contribution in [0.2, 0.25) is 0 Å². The molecule has 0 amide bonds. The van der Waals surface area contributed by atoms with Crippen molar-refractivity contribution in [1.29, 1.82) is 0 Å². The van der Waals surface area contributed by atoms with E-state index in [0.29, 0.717) is 5.69 Å². The van der Waals surface area contributed by atoms with Crippen molar-refractivity contribution in [2.75, 3.05) is 5.01 Å². The van der Waals surface area contributed by atoms with Crippen LogP contribution < -0.4 is 10.6 Å². The molecule has 0 radical (unpaired) electrons. The molecule has 27 heavy (non-hydrogen) atoms. The average molecular weight is 361 g/mol. The van der Waals surface area contributed by atoms with E-state index in [0.717, 1.165) is 11.1 Å². The number of pyridine rings is 1. The van der Waals surface area contributed by atoms with Gasteiger partial charge in [0.05, 0.1) is 17.9 Å². The van der Waals surface area contributed by atoms with Crippen molar-refractivity contribution in [3.05, 3.63) is 83.2 Å². The molecule has 6 heteroatoms. The van der Waals surface area contributed by atoms with Gasteiger partial charge in [0.15, 0.2) is 0 Å². The summed E-state index contributed by atoms with van der Waals surface area (Å²) >= 11 is 0. The summed E-state index contributed by atoms with van der Waals surface area (Å²) in [6, 6.07) is 11.9. The summed E-state index contributed by atoms with van der Waals surface area (Å²) in [7, 11) is 1.73. The first-order chi connectivity index (χ1) is 13.0. The van der Waals surface area contributed by atoms with E-state index in [-0.39, 0.29) is 11.6 Å². The van der Waals surface area contributed by atoms with E-state index in [9.17, 15) is 4.79 Å². The number of rotatable bonds is 6. The van der Waals surface area contributed by atoms with Gasteiger partial charge in [0.2, 0.25) is 0 Å². The third-order valence-corrected chi connectivity index (χ3v) is 4.49. The SMILES string of the molecule is C=NN(/C=C\C)c1cc(=O)n(C)cc1-c1cnn([C@H](C)c2ccccc2)c1. The highest BCUT2D eigenvalue weighted by Crippen LogP contribution is 2.31. The molecule has 1 atom stereocenters. The fourth-order valence-corrected chi connectivity index (χ4v) is 2.95. The highest BCUT2D eigenvalue weighted by Gasteiger charge is 2.16. The van der Waals surface area contributed by atoms with E-state index in [1.165, 1.54) is 5.56 Å². The molecular weight excluding hydrogens is 338 g/mol. The Labute approximate surface area is 158 Å². The van der Waals surface area contributed by atoms with Gasteiger partial charge in [0.1, 0.15) is 0 Å². The Hall–Kier alpha value is -3.41.